The summed E-state index contributed by atoms with van der Waals surface area (Å²) in [5, 5.41) is 0. The minimum Gasteiger partial charge on any atom is -0.465 e. The van der Waals surface area contributed by atoms with Crippen LogP contribution < -0.4 is 4.90 Å². The van der Waals surface area contributed by atoms with Crippen LogP contribution in [0.25, 0.3) is 0 Å². The summed E-state index contributed by atoms with van der Waals surface area (Å²) in [6.45, 7) is 3.12. The first-order valence-electron chi connectivity index (χ1n) is 6.19. The molecule has 0 aromatic heterocycles. The van der Waals surface area contributed by atoms with Crippen LogP contribution in [0.1, 0.15) is 36.5 Å². The van der Waals surface area contributed by atoms with E-state index < -0.39 is 0 Å². The van der Waals surface area contributed by atoms with E-state index in [1.807, 2.05) is 19.2 Å². The first-order valence-corrected chi connectivity index (χ1v) is 6.98. The summed E-state index contributed by atoms with van der Waals surface area (Å²) < 4.78 is 5.70. The molecule has 100 valence electrons. The second-order valence-corrected chi connectivity index (χ2v) is 5.20. The molecular formula is C14H20BrNO2. The van der Waals surface area contributed by atoms with E-state index >= 15 is 0 Å². The first kappa shape index (κ1) is 15.0. The van der Waals surface area contributed by atoms with Crippen LogP contribution in [0.2, 0.25) is 0 Å². The number of methoxy groups -OCH3 is 1. The molecule has 0 aliphatic heterocycles. The SMILES string of the molecule is CCCCCN(C)c1ccc(Br)cc1C(=O)OC. The molecule has 0 bridgehead atoms. The quantitative estimate of drug-likeness (QED) is 0.590. The van der Waals surface area contributed by atoms with Gasteiger partial charge in [-0.25, -0.2) is 4.79 Å². The van der Waals surface area contributed by atoms with Gasteiger partial charge in [-0.1, -0.05) is 35.7 Å². The minimum absolute atomic E-state index is 0.298. The standard InChI is InChI=1S/C14H20BrNO2/c1-4-5-6-9-16(2)13-8-7-11(15)10-12(13)14(17)18-3/h7-8,10H,4-6,9H2,1-3H3. The lowest BCUT2D eigenvalue weighted by atomic mass is 10.1. The van der Waals surface area contributed by atoms with E-state index in [0.29, 0.717) is 5.56 Å². The fraction of sp³-hybridized carbons (Fsp3) is 0.500. The average molecular weight is 314 g/mol. The Morgan fingerprint density at radius 3 is 2.72 bits per heavy atom. The molecule has 0 unspecified atom stereocenters. The summed E-state index contributed by atoms with van der Waals surface area (Å²) in [6.07, 6.45) is 3.52. The van der Waals surface area contributed by atoms with Gasteiger partial charge in [0.25, 0.3) is 0 Å². The molecule has 0 N–H and O–H groups in total. The molecule has 4 heteroatoms. The summed E-state index contributed by atoms with van der Waals surface area (Å²) in [5.41, 5.74) is 1.52. The molecule has 0 amide bonds. The van der Waals surface area contributed by atoms with Crippen molar-refractivity contribution in [1.29, 1.82) is 0 Å². The molecule has 1 aromatic rings. The zero-order chi connectivity index (χ0) is 13.5. The number of ether oxygens (including phenoxy) is 1. The second-order valence-electron chi connectivity index (χ2n) is 4.28. The van der Waals surface area contributed by atoms with Crippen molar-refractivity contribution in [2.45, 2.75) is 26.2 Å². The molecule has 1 aromatic carbocycles. The minimum atomic E-state index is -0.298. The molecule has 3 nitrogen and oxygen atoms in total. The van der Waals surface area contributed by atoms with E-state index in [2.05, 4.69) is 27.8 Å². The maximum absolute atomic E-state index is 11.8. The van der Waals surface area contributed by atoms with Crippen LogP contribution in [0.15, 0.2) is 22.7 Å². The van der Waals surface area contributed by atoms with E-state index in [0.717, 1.165) is 23.1 Å². The summed E-state index contributed by atoms with van der Waals surface area (Å²) in [7, 11) is 3.41. The Bertz CT molecular complexity index is 407. The largest absolute Gasteiger partial charge is 0.465 e. The fourth-order valence-corrected chi connectivity index (χ4v) is 2.20. The van der Waals surface area contributed by atoms with Gasteiger partial charge in [0.05, 0.1) is 18.4 Å². The van der Waals surface area contributed by atoms with Crippen LogP contribution in [-0.2, 0) is 4.74 Å². The summed E-state index contributed by atoms with van der Waals surface area (Å²) in [4.78, 5) is 13.9. The molecule has 0 fully saturated rings. The third-order valence-corrected chi connectivity index (χ3v) is 3.37. The van der Waals surface area contributed by atoms with Crippen LogP contribution in [-0.4, -0.2) is 26.7 Å². The number of unbranched alkanes of at least 4 members (excludes halogenated alkanes) is 2. The van der Waals surface area contributed by atoms with Gasteiger partial charge in [0.2, 0.25) is 0 Å². The van der Waals surface area contributed by atoms with E-state index in [1.165, 1.54) is 20.0 Å². The van der Waals surface area contributed by atoms with E-state index in [-0.39, 0.29) is 5.97 Å². The van der Waals surface area contributed by atoms with Crippen molar-refractivity contribution in [3.63, 3.8) is 0 Å². The van der Waals surface area contributed by atoms with Crippen molar-refractivity contribution in [1.82, 2.24) is 0 Å². The molecule has 0 heterocycles. The zero-order valence-corrected chi connectivity index (χ0v) is 12.8. The Hall–Kier alpha value is -1.03. The molecule has 0 aliphatic rings. The number of esters is 1. The number of halogens is 1. The van der Waals surface area contributed by atoms with E-state index in [1.54, 1.807) is 6.07 Å². The van der Waals surface area contributed by atoms with Gasteiger partial charge in [-0.2, -0.15) is 0 Å². The molecule has 0 spiro atoms. The topological polar surface area (TPSA) is 29.5 Å². The number of rotatable bonds is 6. The number of carbonyl (C=O) groups excluding carboxylic acids is 1. The highest BCUT2D eigenvalue weighted by Gasteiger charge is 2.15. The Kier molecular flexibility index (Phi) is 6.19. The molecule has 0 saturated carbocycles. The third kappa shape index (κ3) is 4.02. The molecular weight excluding hydrogens is 294 g/mol. The molecule has 0 atom stereocenters. The lowest BCUT2D eigenvalue weighted by molar-refractivity contribution is 0.0601. The number of hydrogen-bond donors (Lipinski definition) is 0. The predicted octanol–water partition coefficient (Wildman–Crippen LogP) is 3.86. The highest BCUT2D eigenvalue weighted by molar-refractivity contribution is 9.10. The van der Waals surface area contributed by atoms with Crippen molar-refractivity contribution >= 4 is 27.6 Å². The van der Waals surface area contributed by atoms with E-state index in [4.69, 9.17) is 4.74 Å². The Labute approximate surface area is 117 Å². The van der Waals surface area contributed by atoms with Crippen molar-refractivity contribution in [2.75, 3.05) is 25.6 Å². The Morgan fingerprint density at radius 2 is 2.11 bits per heavy atom. The number of nitrogens with zero attached hydrogens (tertiary/aromatic N) is 1. The van der Waals surface area contributed by atoms with Gasteiger partial charge in [0.1, 0.15) is 0 Å². The van der Waals surface area contributed by atoms with Crippen LogP contribution in [0.3, 0.4) is 0 Å². The molecule has 18 heavy (non-hydrogen) atoms. The monoisotopic (exact) mass is 313 g/mol. The van der Waals surface area contributed by atoms with Gasteiger partial charge < -0.3 is 9.64 Å². The molecule has 0 aliphatic carbocycles. The lowest BCUT2D eigenvalue weighted by Gasteiger charge is -2.21. The Balaban J connectivity index is 2.89. The molecule has 0 radical (unpaired) electrons. The molecule has 0 saturated heterocycles. The van der Waals surface area contributed by atoms with Crippen LogP contribution in [0.4, 0.5) is 5.69 Å². The maximum atomic E-state index is 11.8. The van der Waals surface area contributed by atoms with E-state index in [9.17, 15) is 4.79 Å². The predicted molar refractivity (Wildman–Crippen MR) is 78.3 cm³/mol. The highest BCUT2D eigenvalue weighted by Crippen LogP contribution is 2.25. The first-order chi connectivity index (χ1) is 8.60. The number of carbonyl (C=O) groups is 1. The zero-order valence-electron chi connectivity index (χ0n) is 11.2. The normalized spacial score (nSPS) is 10.2. The summed E-state index contributed by atoms with van der Waals surface area (Å²) in [5.74, 6) is -0.298. The Morgan fingerprint density at radius 1 is 1.39 bits per heavy atom. The highest BCUT2D eigenvalue weighted by atomic mass is 79.9. The van der Waals surface area contributed by atoms with Crippen molar-refractivity contribution < 1.29 is 9.53 Å². The number of anilines is 1. The van der Waals surface area contributed by atoms with Gasteiger partial charge in [-0.15, -0.1) is 0 Å². The molecule has 1 rings (SSSR count). The average Bonchev–Trinajstić information content (AvgIpc) is 2.37. The third-order valence-electron chi connectivity index (χ3n) is 2.87. The second kappa shape index (κ2) is 7.41. The fourth-order valence-electron chi connectivity index (χ4n) is 1.83. The van der Waals surface area contributed by atoms with Gasteiger partial charge in [-0.3, -0.25) is 0 Å². The number of hydrogen-bond acceptors (Lipinski definition) is 3. The van der Waals surface area contributed by atoms with Gasteiger partial charge >= 0.3 is 5.97 Å². The smallest absolute Gasteiger partial charge is 0.340 e. The van der Waals surface area contributed by atoms with Crippen molar-refractivity contribution in [2.24, 2.45) is 0 Å². The van der Waals surface area contributed by atoms with Crippen LogP contribution >= 0.6 is 15.9 Å². The summed E-state index contributed by atoms with van der Waals surface area (Å²) >= 11 is 3.38. The van der Waals surface area contributed by atoms with Crippen molar-refractivity contribution in [3.8, 4) is 0 Å². The number of benzene rings is 1. The van der Waals surface area contributed by atoms with Crippen molar-refractivity contribution in [3.05, 3.63) is 28.2 Å². The van der Waals surface area contributed by atoms with Gasteiger partial charge in [0, 0.05) is 18.1 Å². The maximum Gasteiger partial charge on any atom is 0.340 e. The summed E-state index contributed by atoms with van der Waals surface area (Å²) in [6, 6.07) is 5.69. The lowest BCUT2D eigenvalue weighted by Crippen LogP contribution is -2.21. The van der Waals surface area contributed by atoms with Crippen LogP contribution in [0, 0.1) is 0 Å². The van der Waals surface area contributed by atoms with Crippen LogP contribution in [0.5, 0.6) is 0 Å². The van der Waals surface area contributed by atoms with Gasteiger partial charge in [-0.05, 0) is 24.6 Å². The van der Waals surface area contributed by atoms with Gasteiger partial charge in [0.15, 0.2) is 0 Å².